The highest BCUT2D eigenvalue weighted by Crippen LogP contribution is 2.30. The maximum atomic E-state index is 11.0. The Kier molecular flexibility index (Phi) is 5.90. The van der Waals surface area contributed by atoms with Crippen molar-refractivity contribution in [3.8, 4) is 5.75 Å². The molecular weight excluding hydrogens is 332 g/mol. The van der Waals surface area contributed by atoms with Crippen molar-refractivity contribution in [3.05, 3.63) is 32.8 Å². The Labute approximate surface area is 124 Å². The van der Waals surface area contributed by atoms with Crippen LogP contribution in [-0.2, 0) is 4.79 Å². The van der Waals surface area contributed by atoms with Crippen LogP contribution in [0.1, 0.15) is 13.8 Å². The molecule has 1 unspecified atom stereocenters. The molecule has 2 N–H and O–H groups in total. The number of ether oxygens (including phenoxy) is 1. The molecule has 0 saturated heterocycles. The van der Waals surface area contributed by atoms with Gasteiger partial charge in [-0.1, -0.05) is 29.8 Å². The summed E-state index contributed by atoms with van der Waals surface area (Å²) in [5.41, 5.74) is -0.215. The van der Waals surface area contributed by atoms with Crippen LogP contribution in [0.4, 0.5) is 5.69 Å². The van der Waals surface area contributed by atoms with Crippen molar-refractivity contribution < 1.29 is 19.6 Å². The summed E-state index contributed by atoms with van der Waals surface area (Å²) in [6.45, 7) is 3.41. The molecule has 0 fully saturated rings. The van der Waals surface area contributed by atoms with Crippen LogP contribution in [0.5, 0.6) is 5.75 Å². The van der Waals surface area contributed by atoms with Gasteiger partial charge in [-0.05, 0) is 12.1 Å². The largest absolute Gasteiger partial charge is 0.485 e. The lowest BCUT2D eigenvalue weighted by Crippen LogP contribution is -2.44. The first-order valence-electron chi connectivity index (χ1n) is 5.87. The molecule has 8 heteroatoms. The van der Waals surface area contributed by atoms with Crippen molar-refractivity contribution in [2.45, 2.75) is 25.9 Å². The molecule has 7 nitrogen and oxygen atoms in total. The van der Waals surface area contributed by atoms with E-state index in [9.17, 15) is 14.9 Å². The number of carboxylic acids is 1. The summed E-state index contributed by atoms with van der Waals surface area (Å²) in [7, 11) is 0. The molecule has 1 aromatic rings. The quantitative estimate of drug-likeness (QED) is 0.579. The lowest BCUT2D eigenvalue weighted by atomic mass is 10.2. The number of aliphatic carboxylic acids is 1. The Morgan fingerprint density at radius 1 is 1.55 bits per heavy atom. The lowest BCUT2D eigenvalue weighted by molar-refractivity contribution is -0.386. The van der Waals surface area contributed by atoms with Gasteiger partial charge in [0.25, 0.3) is 0 Å². The summed E-state index contributed by atoms with van der Waals surface area (Å²) in [5.74, 6) is -1.03. The number of nitro groups is 1. The van der Waals surface area contributed by atoms with Crippen molar-refractivity contribution in [1.82, 2.24) is 5.32 Å². The summed E-state index contributed by atoms with van der Waals surface area (Å²) in [6, 6.07) is 3.35. The van der Waals surface area contributed by atoms with E-state index in [2.05, 4.69) is 21.2 Å². The van der Waals surface area contributed by atoms with Crippen LogP contribution in [-0.4, -0.2) is 34.7 Å². The first kappa shape index (κ1) is 16.4. The highest BCUT2D eigenvalue weighted by Gasteiger charge is 2.22. The van der Waals surface area contributed by atoms with E-state index < -0.39 is 16.9 Å². The zero-order chi connectivity index (χ0) is 15.3. The number of nitro benzene ring substituents is 1. The van der Waals surface area contributed by atoms with Crippen LogP contribution in [0.25, 0.3) is 0 Å². The summed E-state index contributed by atoms with van der Waals surface area (Å²) in [6.07, 6.45) is 0. The van der Waals surface area contributed by atoms with Gasteiger partial charge in [0.2, 0.25) is 0 Å². The van der Waals surface area contributed by atoms with Gasteiger partial charge in [-0.2, -0.15) is 0 Å². The molecule has 0 heterocycles. The molecule has 0 amide bonds. The molecule has 0 saturated carbocycles. The third-order valence-electron chi connectivity index (χ3n) is 2.36. The van der Waals surface area contributed by atoms with E-state index in [0.717, 1.165) is 0 Å². The third kappa shape index (κ3) is 4.78. The van der Waals surface area contributed by atoms with E-state index in [0.29, 0.717) is 4.47 Å². The lowest BCUT2D eigenvalue weighted by Gasteiger charge is -2.17. The average Bonchev–Trinajstić information content (AvgIpc) is 2.34. The van der Waals surface area contributed by atoms with E-state index >= 15 is 0 Å². The van der Waals surface area contributed by atoms with Crippen molar-refractivity contribution in [2.24, 2.45) is 0 Å². The van der Waals surface area contributed by atoms with Gasteiger partial charge in [0.15, 0.2) is 5.75 Å². The molecule has 110 valence electrons. The normalized spacial score (nSPS) is 12.2. The average molecular weight is 347 g/mol. The monoisotopic (exact) mass is 346 g/mol. The fourth-order valence-corrected chi connectivity index (χ4v) is 1.87. The van der Waals surface area contributed by atoms with E-state index in [4.69, 9.17) is 9.84 Å². The Hall–Kier alpha value is -1.67. The fourth-order valence-electron chi connectivity index (χ4n) is 1.52. The van der Waals surface area contributed by atoms with Crippen LogP contribution < -0.4 is 10.1 Å². The van der Waals surface area contributed by atoms with E-state index in [-0.39, 0.29) is 24.1 Å². The second-order valence-electron chi connectivity index (χ2n) is 4.39. The number of hydrogen-bond donors (Lipinski definition) is 2. The molecular formula is C12H15BrN2O5. The zero-order valence-electron chi connectivity index (χ0n) is 11.0. The first-order chi connectivity index (χ1) is 9.31. The maximum Gasteiger partial charge on any atom is 0.324 e. The van der Waals surface area contributed by atoms with Gasteiger partial charge in [0.05, 0.1) is 4.92 Å². The summed E-state index contributed by atoms with van der Waals surface area (Å²) >= 11 is 3.13. The minimum atomic E-state index is -1.07. The van der Waals surface area contributed by atoms with Gasteiger partial charge in [-0.15, -0.1) is 0 Å². The van der Waals surface area contributed by atoms with E-state index in [1.54, 1.807) is 19.9 Å². The van der Waals surface area contributed by atoms with Crippen LogP contribution >= 0.6 is 15.9 Å². The third-order valence-corrected chi connectivity index (χ3v) is 2.85. The second kappa shape index (κ2) is 7.20. The SMILES string of the molecule is CC(C)NC(COc1ccc(Br)cc1[N+](=O)[O-])C(=O)O. The predicted molar refractivity (Wildman–Crippen MR) is 76.0 cm³/mol. The Morgan fingerprint density at radius 3 is 2.70 bits per heavy atom. The van der Waals surface area contributed by atoms with Crippen molar-refractivity contribution in [1.29, 1.82) is 0 Å². The Balaban J connectivity index is 2.82. The molecule has 0 bridgehead atoms. The van der Waals surface area contributed by atoms with Gasteiger partial charge in [-0.25, -0.2) is 0 Å². The number of nitrogens with zero attached hydrogens (tertiary/aromatic N) is 1. The summed E-state index contributed by atoms with van der Waals surface area (Å²) in [4.78, 5) is 21.4. The van der Waals surface area contributed by atoms with Crippen LogP contribution in [0, 0.1) is 10.1 Å². The second-order valence-corrected chi connectivity index (χ2v) is 5.31. The Morgan fingerprint density at radius 2 is 2.20 bits per heavy atom. The topological polar surface area (TPSA) is 102 Å². The molecule has 0 aliphatic heterocycles. The van der Waals surface area contributed by atoms with Crippen molar-refractivity contribution in [2.75, 3.05) is 6.61 Å². The maximum absolute atomic E-state index is 11.0. The highest BCUT2D eigenvalue weighted by atomic mass is 79.9. The number of rotatable bonds is 7. The minimum Gasteiger partial charge on any atom is -0.485 e. The van der Waals surface area contributed by atoms with Crippen LogP contribution in [0.15, 0.2) is 22.7 Å². The Bertz CT molecular complexity index is 507. The van der Waals surface area contributed by atoms with Crippen molar-refractivity contribution in [3.63, 3.8) is 0 Å². The van der Waals surface area contributed by atoms with Gasteiger partial charge >= 0.3 is 11.7 Å². The molecule has 1 aromatic carbocycles. The smallest absolute Gasteiger partial charge is 0.324 e. The number of benzene rings is 1. The standard InChI is InChI=1S/C12H15BrN2O5/c1-7(2)14-9(12(16)17)6-20-11-4-3-8(13)5-10(11)15(18)19/h3-5,7,9,14H,6H2,1-2H3,(H,16,17). The van der Waals surface area contributed by atoms with Gasteiger partial charge in [-0.3, -0.25) is 20.2 Å². The number of hydrogen-bond acceptors (Lipinski definition) is 5. The zero-order valence-corrected chi connectivity index (χ0v) is 12.6. The number of carboxylic acid groups (broad SMARTS) is 1. The summed E-state index contributed by atoms with van der Waals surface area (Å²) in [5, 5.41) is 22.7. The van der Waals surface area contributed by atoms with Gasteiger partial charge in [0, 0.05) is 16.6 Å². The van der Waals surface area contributed by atoms with Gasteiger partial charge in [0.1, 0.15) is 12.6 Å². The van der Waals surface area contributed by atoms with Crippen molar-refractivity contribution >= 4 is 27.6 Å². The minimum absolute atomic E-state index is 0.0370. The molecule has 0 radical (unpaired) electrons. The summed E-state index contributed by atoms with van der Waals surface area (Å²) < 4.78 is 5.82. The molecule has 0 aliphatic carbocycles. The number of nitrogens with one attached hydrogen (secondary N) is 1. The first-order valence-corrected chi connectivity index (χ1v) is 6.66. The van der Waals surface area contributed by atoms with Crippen LogP contribution in [0.3, 0.4) is 0 Å². The molecule has 20 heavy (non-hydrogen) atoms. The number of halogens is 1. The molecule has 0 aliphatic rings. The molecule has 0 spiro atoms. The predicted octanol–water partition coefficient (Wildman–Crippen LogP) is 2.19. The molecule has 1 rings (SSSR count). The number of carbonyl (C=O) groups is 1. The van der Waals surface area contributed by atoms with E-state index in [1.165, 1.54) is 12.1 Å². The molecule has 1 atom stereocenters. The fraction of sp³-hybridized carbons (Fsp3) is 0.417. The van der Waals surface area contributed by atoms with Crippen LogP contribution in [0.2, 0.25) is 0 Å². The molecule has 0 aromatic heterocycles. The highest BCUT2D eigenvalue weighted by molar-refractivity contribution is 9.10. The van der Waals surface area contributed by atoms with Gasteiger partial charge < -0.3 is 9.84 Å². The van der Waals surface area contributed by atoms with E-state index in [1.807, 2.05) is 0 Å².